The van der Waals surface area contributed by atoms with Gasteiger partial charge in [0.25, 0.3) is 0 Å². The van der Waals surface area contributed by atoms with E-state index < -0.39 is 10.0 Å². The first-order valence-corrected chi connectivity index (χ1v) is 11.8. The van der Waals surface area contributed by atoms with E-state index in [9.17, 15) is 0 Å². The highest BCUT2D eigenvalue weighted by molar-refractivity contribution is 8.34. The molecule has 126 valence electrons. The minimum atomic E-state index is -1.08. The van der Waals surface area contributed by atoms with Gasteiger partial charge >= 0.3 is 0 Å². The number of hydrogen-bond donors (Lipinski definition) is 0. The molecule has 2 aromatic rings. The van der Waals surface area contributed by atoms with Crippen molar-refractivity contribution in [2.24, 2.45) is 0 Å². The number of hydrogen-bond acceptors (Lipinski definition) is 2. The van der Waals surface area contributed by atoms with E-state index in [-0.39, 0.29) is 5.60 Å². The van der Waals surface area contributed by atoms with Gasteiger partial charge in [-0.25, -0.2) is 0 Å². The van der Waals surface area contributed by atoms with E-state index in [1.165, 1.54) is 35.6 Å². The minimum absolute atomic E-state index is 0.130. The molecule has 4 atom stereocenters. The van der Waals surface area contributed by atoms with Gasteiger partial charge in [0.05, 0.1) is 8.96 Å². The summed E-state index contributed by atoms with van der Waals surface area (Å²) in [5.74, 6) is 0. The molecule has 0 aromatic heterocycles. The summed E-state index contributed by atoms with van der Waals surface area (Å²) < 4.78 is 9.10. The van der Waals surface area contributed by atoms with Crippen LogP contribution in [0.1, 0.15) is 19.3 Å². The third-order valence-corrected chi connectivity index (χ3v) is 11.5. The summed E-state index contributed by atoms with van der Waals surface area (Å²) in [6.07, 6.45) is 6.42. The van der Waals surface area contributed by atoms with Crippen molar-refractivity contribution in [1.29, 1.82) is 0 Å². The quantitative estimate of drug-likeness (QED) is 0.713. The predicted octanol–water partition coefficient (Wildman–Crippen LogP) is 5.05. The maximum atomic E-state index is 6.49. The van der Waals surface area contributed by atoms with Crippen molar-refractivity contribution in [3.05, 3.63) is 60.7 Å². The fourth-order valence-corrected chi connectivity index (χ4v) is 10.2. The fourth-order valence-electron chi connectivity index (χ4n) is 4.72. The lowest BCUT2D eigenvalue weighted by Crippen LogP contribution is -2.33. The maximum absolute atomic E-state index is 6.49. The molecule has 1 aliphatic carbocycles. The summed E-state index contributed by atoms with van der Waals surface area (Å²) in [6, 6.07) is 23.0. The van der Waals surface area contributed by atoms with Gasteiger partial charge in [-0.1, -0.05) is 36.4 Å². The van der Waals surface area contributed by atoms with Gasteiger partial charge in [-0.3, -0.25) is 4.67 Å². The van der Waals surface area contributed by atoms with Crippen LogP contribution < -0.4 is 0 Å². The Bertz CT molecular complexity index is 700. The largest absolute Gasteiger partial charge is 0.337 e. The Morgan fingerprint density at radius 3 is 2.29 bits per heavy atom. The maximum Gasteiger partial charge on any atom is 0.102 e. The third kappa shape index (κ3) is 2.08. The fraction of sp³-hybridized carbons (Fsp3) is 0.400. The first-order chi connectivity index (χ1) is 11.7. The smallest absolute Gasteiger partial charge is 0.102 e. The van der Waals surface area contributed by atoms with Gasteiger partial charge in [0.2, 0.25) is 0 Å². The minimum Gasteiger partial charge on any atom is -0.337 e. The molecule has 24 heavy (non-hydrogen) atoms. The van der Waals surface area contributed by atoms with Gasteiger partial charge in [0.1, 0.15) is 5.60 Å². The molecule has 2 saturated heterocycles. The van der Waals surface area contributed by atoms with Gasteiger partial charge in [-0.15, -0.1) is 0 Å². The Hall–Kier alpha value is -0.860. The van der Waals surface area contributed by atoms with Crippen LogP contribution >= 0.6 is 19.0 Å². The van der Waals surface area contributed by atoms with Crippen molar-refractivity contribution in [2.45, 2.75) is 45.9 Å². The zero-order valence-electron chi connectivity index (χ0n) is 14.0. The van der Waals surface area contributed by atoms with Crippen LogP contribution in [-0.2, 0) is 4.52 Å². The average molecular weight is 357 g/mol. The molecule has 2 aliphatic heterocycles. The molecule has 2 nitrogen and oxygen atoms in total. The number of benzene rings is 2. The molecular formula is C20H24NOPS. The van der Waals surface area contributed by atoms with Crippen molar-refractivity contribution in [1.82, 2.24) is 4.67 Å². The second-order valence-corrected chi connectivity index (χ2v) is 11.7. The Kier molecular flexibility index (Phi) is 3.58. The number of fused-ring (bicyclic) bond motifs is 2. The molecule has 1 unspecified atom stereocenters. The first-order valence-electron chi connectivity index (χ1n) is 8.83. The first kappa shape index (κ1) is 15.4. The molecule has 0 N–H and O–H groups in total. The monoisotopic (exact) mass is 357 g/mol. The Morgan fingerprint density at radius 2 is 1.67 bits per heavy atom. The summed E-state index contributed by atoms with van der Waals surface area (Å²) in [7, 11) is -0.496. The van der Waals surface area contributed by atoms with Crippen molar-refractivity contribution in [3.63, 3.8) is 0 Å². The van der Waals surface area contributed by atoms with Crippen molar-refractivity contribution >= 4 is 19.0 Å². The highest BCUT2D eigenvalue weighted by Crippen LogP contribution is 2.77. The van der Waals surface area contributed by atoms with Crippen molar-refractivity contribution < 1.29 is 4.52 Å². The van der Waals surface area contributed by atoms with Gasteiger partial charge < -0.3 is 4.52 Å². The summed E-state index contributed by atoms with van der Waals surface area (Å²) >= 11 is 0. The average Bonchev–Trinajstić information content (AvgIpc) is 3.01. The van der Waals surface area contributed by atoms with E-state index in [0.717, 1.165) is 0 Å². The second kappa shape index (κ2) is 5.57. The Morgan fingerprint density at radius 1 is 1.04 bits per heavy atom. The van der Waals surface area contributed by atoms with Gasteiger partial charge in [-0.2, -0.15) is 10.0 Å². The normalized spacial score (nSPS) is 33.9. The van der Waals surface area contributed by atoms with E-state index in [2.05, 4.69) is 71.6 Å². The van der Waals surface area contributed by atoms with Gasteiger partial charge in [0, 0.05) is 17.8 Å². The SMILES string of the molecule is CS(c1ccccc1)(c1ccccc1)[C@@H]1C[C@]12OPN1CCC[C@H]12. The van der Waals surface area contributed by atoms with Gasteiger partial charge in [0.15, 0.2) is 0 Å². The van der Waals surface area contributed by atoms with E-state index in [4.69, 9.17) is 4.52 Å². The van der Waals surface area contributed by atoms with E-state index in [1.807, 2.05) is 0 Å². The number of nitrogens with zero attached hydrogens (tertiary/aromatic N) is 1. The summed E-state index contributed by atoms with van der Waals surface area (Å²) in [5.41, 5.74) is 0.130. The molecule has 1 spiro atoms. The lowest BCUT2D eigenvalue weighted by molar-refractivity contribution is 0.189. The highest BCUT2D eigenvalue weighted by Gasteiger charge is 2.70. The molecule has 0 radical (unpaired) electrons. The molecular weight excluding hydrogens is 333 g/mol. The van der Waals surface area contributed by atoms with Crippen LogP contribution in [0.2, 0.25) is 0 Å². The Balaban J connectivity index is 1.59. The molecule has 3 aliphatic rings. The Labute approximate surface area is 147 Å². The van der Waals surface area contributed by atoms with Crippen molar-refractivity contribution in [2.75, 3.05) is 12.8 Å². The van der Waals surface area contributed by atoms with Crippen LogP contribution in [0.15, 0.2) is 70.5 Å². The standard InChI is InChI=1S/C20H24NOPS/c1-24(16-9-4-2-5-10-16,17-11-6-3-7-12-17)19-15-20(19)18-13-8-14-21(18)23-22-20/h2-7,9-12,18-19,23H,8,13-15H2,1H3/t18-,19+,20+/m0/s1. The topological polar surface area (TPSA) is 12.5 Å². The van der Waals surface area contributed by atoms with Crippen LogP contribution in [0.25, 0.3) is 0 Å². The molecule has 4 heteroatoms. The predicted molar refractivity (Wildman–Crippen MR) is 103 cm³/mol. The molecule has 5 rings (SSSR count). The van der Waals surface area contributed by atoms with Crippen LogP contribution in [0.5, 0.6) is 0 Å². The molecule has 0 amide bonds. The lowest BCUT2D eigenvalue weighted by atomic mass is 10.1. The van der Waals surface area contributed by atoms with Crippen LogP contribution in [0, 0.1) is 0 Å². The van der Waals surface area contributed by atoms with Crippen LogP contribution in [0.3, 0.4) is 0 Å². The molecule has 2 aromatic carbocycles. The summed E-state index contributed by atoms with van der Waals surface area (Å²) in [5, 5.41) is 0.649. The molecule has 2 heterocycles. The lowest BCUT2D eigenvalue weighted by Gasteiger charge is -2.39. The molecule has 3 fully saturated rings. The zero-order chi connectivity index (χ0) is 16.2. The molecule has 1 saturated carbocycles. The van der Waals surface area contributed by atoms with Gasteiger partial charge in [-0.05, 0) is 59.6 Å². The third-order valence-electron chi connectivity index (χ3n) is 6.09. The summed E-state index contributed by atoms with van der Waals surface area (Å²) in [4.78, 5) is 3.00. The summed E-state index contributed by atoms with van der Waals surface area (Å²) in [6.45, 7) is 1.24. The van der Waals surface area contributed by atoms with E-state index in [0.29, 0.717) is 20.3 Å². The van der Waals surface area contributed by atoms with Crippen LogP contribution in [0.4, 0.5) is 0 Å². The number of rotatable bonds is 3. The van der Waals surface area contributed by atoms with E-state index in [1.54, 1.807) is 0 Å². The van der Waals surface area contributed by atoms with E-state index >= 15 is 0 Å². The highest BCUT2D eigenvalue weighted by atomic mass is 32.3. The van der Waals surface area contributed by atoms with Crippen LogP contribution in [-0.4, -0.2) is 34.4 Å². The second-order valence-electron chi connectivity index (χ2n) is 7.30. The van der Waals surface area contributed by atoms with Crippen molar-refractivity contribution in [3.8, 4) is 0 Å². The zero-order valence-corrected chi connectivity index (χ0v) is 15.8. The molecule has 0 bridgehead atoms.